The number of carbonyl (C=O) groups excluding carboxylic acids is 1. The van der Waals surface area contributed by atoms with E-state index in [0.717, 1.165) is 22.6 Å². The summed E-state index contributed by atoms with van der Waals surface area (Å²) in [6.07, 6.45) is 3.83. The fourth-order valence-electron chi connectivity index (χ4n) is 4.23. The average molecular weight is 505 g/mol. The second-order valence-corrected chi connectivity index (χ2v) is 8.97. The Morgan fingerprint density at radius 1 is 0.921 bits per heavy atom. The minimum Gasteiger partial charge on any atom is -0.438 e. The minimum absolute atomic E-state index is 0.237. The number of carbonyl (C=O) groups is 1. The second-order valence-electron chi connectivity index (χ2n) is 8.97. The Hall–Kier alpha value is -4.85. The van der Waals surface area contributed by atoms with Crippen LogP contribution in [0.2, 0.25) is 0 Å². The molecule has 38 heavy (non-hydrogen) atoms. The van der Waals surface area contributed by atoms with E-state index in [0.29, 0.717) is 46.5 Å². The molecule has 0 aliphatic heterocycles. The van der Waals surface area contributed by atoms with Gasteiger partial charge in [0, 0.05) is 40.9 Å². The van der Waals surface area contributed by atoms with E-state index in [1.165, 1.54) is 6.33 Å². The maximum atomic E-state index is 13.2. The van der Waals surface area contributed by atoms with Crippen molar-refractivity contribution in [2.75, 3.05) is 5.32 Å². The van der Waals surface area contributed by atoms with Gasteiger partial charge in [-0.1, -0.05) is 19.1 Å². The number of hydrogen-bond acceptors (Lipinski definition) is 6. The highest BCUT2D eigenvalue weighted by Crippen LogP contribution is 2.31. The third-order valence-corrected chi connectivity index (χ3v) is 6.24. The van der Waals surface area contributed by atoms with Gasteiger partial charge in [-0.2, -0.15) is 0 Å². The summed E-state index contributed by atoms with van der Waals surface area (Å²) in [7, 11) is 0. The van der Waals surface area contributed by atoms with Gasteiger partial charge in [-0.25, -0.2) is 19.9 Å². The highest BCUT2D eigenvalue weighted by Gasteiger charge is 2.16. The first-order valence-electron chi connectivity index (χ1n) is 12.4. The minimum atomic E-state index is -0.237. The Morgan fingerprint density at radius 2 is 1.74 bits per heavy atom. The number of hydrogen-bond donors (Lipinski definition) is 1. The molecule has 8 nitrogen and oxygen atoms in total. The first kappa shape index (κ1) is 24.8. The van der Waals surface area contributed by atoms with Crippen molar-refractivity contribution in [1.29, 1.82) is 0 Å². The molecule has 0 atom stereocenters. The van der Waals surface area contributed by atoms with Gasteiger partial charge >= 0.3 is 0 Å². The number of aromatic nitrogens is 5. The van der Waals surface area contributed by atoms with Crippen molar-refractivity contribution in [3.8, 4) is 28.7 Å². The molecule has 1 amide bonds. The smallest absolute Gasteiger partial charge is 0.255 e. The van der Waals surface area contributed by atoms with Crippen molar-refractivity contribution >= 4 is 11.6 Å². The third kappa shape index (κ3) is 5.15. The largest absolute Gasteiger partial charge is 0.438 e. The van der Waals surface area contributed by atoms with Crippen LogP contribution < -0.4 is 10.1 Å². The third-order valence-electron chi connectivity index (χ3n) is 6.24. The molecule has 0 radical (unpaired) electrons. The Labute approximate surface area is 221 Å². The summed E-state index contributed by atoms with van der Waals surface area (Å²) in [5.74, 6) is 1.81. The maximum Gasteiger partial charge on any atom is 0.255 e. The maximum absolute atomic E-state index is 13.2. The number of nitrogens with zero attached hydrogens (tertiary/aromatic N) is 5. The molecule has 0 saturated heterocycles. The van der Waals surface area contributed by atoms with Crippen molar-refractivity contribution in [3.05, 3.63) is 108 Å². The van der Waals surface area contributed by atoms with E-state index in [1.54, 1.807) is 24.4 Å². The highest BCUT2D eigenvalue weighted by molar-refractivity contribution is 6.04. The summed E-state index contributed by atoms with van der Waals surface area (Å²) in [5, 5.41) is 3.01. The van der Waals surface area contributed by atoms with Gasteiger partial charge in [-0.3, -0.25) is 4.79 Å². The predicted molar refractivity (Wildman–Crippen MR) is 147 cm³/mol. The normalized spacial score (nSPS) is 10.8. The van der Waals surface area contributed by atoms with Crippen molar-refractivity contribution in [1.82, 2.24) is 24.5 Å². The number of ether oxygens (including phenoxy) is 1. The van der Waals surface area contributed by atoms with Crippen molar-refractivity contribution in [2.45, 2.75) is 34.1 Å². The van der Waals surface area contributed by atoms with Gasteiger partial charge in [-0.15, -0.1) is 0 Å². The van der Waals surface area contributed by atoms with E-state index < -0.39 is 0 Å². The molecule has 0 spiro atoms. The number of amides is 1. The van der Waals surface area contributed by atoms with E-state index in [1.807, 2.05) is 50.2 Å². The SMILES string of the molecule is CCc1ncnc(-c2cccnc2Oc2cc(C(=O)Nc3cccc(-n4c(C)ccc4C)c3)ccc2C)n1. The summed E-state index contributed by atoms with van der Waals surface area (Å²) < 4.78 is 8.36. The molecule has 5 aromatic rings. The zero-order chi connectivity index (χ0) is 26.6. The molecule has 0 aliphatic carbocycles. The summed E-state index contributed by atoms with van der Waals surface area (Å²) in [6.45, 7) is 8.02. The summed E-state index contributed by atoms with van der Waals surface area (Å²) in [4.78, 5) is 30.6. The fourth-order valence-corrected chi connectivity index (χ4v) is 4.23. The van der Waals surface area contributed by atoms with Crippen LogP contribution >= 0.6 is 0 Å². The monoisotopic (exact) mass is 504 g/mol. The molecule has 0 bridgehead atoms. The Morgan fingerprint density at radius 3 is 2.53 bits per heavy atom. The zero-order valence-electron chi connectivity index (χ0n) is 21.8. The topological polar surface area (TPSA) is 94.8 Å². The first-order chi connectivity index (χ1) is 18.4. The van der Waals surface area contributed by atoms with Crippen LogP contribution in [0.3, 0.4) is 0 Å². The van der Waals surface area contributed by atoms with Gasteiger partial charge in [0.2, 0.25) is 5.88 Å². The summed E-state index contributed by atoms with van der Waals surface area (Å²) in [5.41, 5.74) is 5.93. The van der Waals surface area contributed by atoms with Crippen LogP contribution in [0.25, 0.3) is 17.1 Å². The number of pyridine rings is 1. The molecule has 1 N–H and O–H groups in total. The molecular weight excluding hydrogens is 476 g/mol. The quantitative estimate of drug-likeness (QED) is 0.281. The lowest BCUT2D eigenvalue weighted by Gasteiger charge is -2.14. The summed E-state index contributed by atoms with van der Waals surface area (Å²) in [6, 6.07) is 20.9. The van der Waals surface area contributed by atoms with Crippen LogP contribution in [0.1, 0.15) is 40.1 Å². The van der Waals surface area contributed by atoms with Gasteiger partial charge in [0.15, 0.2) is 5.82 Å². The standard InChI is InChI=1S/C30H28N6O2/c1-5-27-32-18-33-28(35-27)25-10-7-15-31-30(25)38-26-16-22(14-11-19(26)2)29(37)34-23-8-6-9-24(17-23)36-20(3)12-13-21(36)4/h6-18H,5H2,1-4H3,(H,34,37). The molecule has 3 aromatic heterocycles. The van der Waals surface area contributed by atoms with Gasteiger partial charge in [0.25, 0.3) is 5.91 Å². The van der Waals surface area contributed by atoms with Crippen LogP contribution in [0.5, 0.6) is 11.6 Å². The molecule has 0 aliphatic rings. The molecular formula is C30H28N6O2. The van der Waals surface area contributed by atoms with E-state index in [9.17, 15) is 4.79 Å². The lowest BCUT2D eigenvalue weighted by Crippen LogP contribution is -2.12. The van der Waals surface area contributed by atoms with Crippen LogP contribution in [0.15, 0.2) is 79.3 Å². The Bertz CT molecular complexity index is 1610. The van der Waals surface area contributed by atoms with Crippen LogP contribution in [0, 0.1) is 20.8 Å². The number of aryl methyl sites for hydroxylation is 4. The van der Waals surface area contributed by atoms with Crippen molar-refractivity contribution < 1.29 is 9.53 Å². The second kappa shape index (κ2) is 10.6. The van der Waals surface area contributed by atoms with Crippen molar-refractivity contribution in [2.24, 2.45) is 0 Å². The molecule has 3 heterocycles. The van der Waals surface area contributed by atoms with Crippen LogP contribution in [-0.2, 0) is 6.42 Å². The summed E-state index contributed by atoms with van der Waals surface area (Å²) >= 11 is 0. The predicted octanol–water partition coefficient (Wildman–Crippen LogP) is 6.26. The van der Waals surface area contributed by atoms with Gasteiger partial charge in [-0.05, 0) is 80.9 Å². The van der Waals surface area contributed by atoms with E-state index in [2.05, 4.69) is 55.8 Å². The molecule has 8 heteroatoms. The van der Waals surface area contributed by atoms with Gasteiger partial charge < -0.3 is 14.6 Å². The number of rotatable bonds is 7. The van der Waals surface area contributed by atoms with E-state index >= 15 is 0 Å². The molecule has 190 valence electrons. The molecule has 2 aromatic carbocycles. The number of anilines is 1. The average Bonchev–Trinajstić information content (AvgIpc) is 3.27. The van der Waals surface area contributed by atoms with E-state index in [4.69, 9.17) is 4.74 Å². The number of nitrogens with one attached hydrogen (secondary N) is 1. The van der Waals surface area contributed by atoms with Gasteiger partial charge in [0.05, 0.1) is 5.56 Å². The van der Waals surface area contributed by atoms with Gasteiger partial charge in [0.1, 0.15) is 17.9 Å². The fraction of sp³-hybridized carbons (Fsp3) is 0.167. The molecule has 0 fully saturated rings. The molecule has 5 rings (SSSR count). The Kier molecular flexibility index (Phi) is 6.95. The lowest BCUT2D eigenvalue weighted by atomic mass is 10.1. The number of benzene rings is 2. The van der Waals surface area contributed by atoms with E-state index in [-0.39, 0.29) is 5.91 Å². The first-order valence-corrected chi connectivity index (χ1v) is 12.4. The van der Waals surface area contributed by atoms with Crippen LogP contribution in [0.4, 0.5) is 5.69 Å². The van der Waals surface area contributed by atoms with Crippen molar-refractivity contribution in [3.63, 3.8) is 0 Å². The lowest BCUT2D eigenvalue weighted by molar-refractivity contribution is 0.102. The highest BCUT2D eigenvalue weighted by atomic mass is 16.5. The van der Waals surface area contributed by atoms with Crippen LogP contribution in [-0.4, -0.2) is 30.4 Å². The molecule has 0 unspecified atom stereocenters. The molecule has 0 saturated carbocycles. The Balaban J connectivity index is 1.40. The zero-order valence-corrected chi connectivity index (χ0v) is 21.8.